The molecular weight excluding hydrogens is 307 g/mol. The second-order valence-corrected chi connectivity index (χ2v) is 4.99. The van der Waals surface area contributed by atoms with E-state index in [9.17, 15) is 0 Å². The van der Waals surface area contributed by atoms with Gasteiger partial charge in [-0.2, -0.15) is 0 Å². The standard InChI is InChI=1S/C13H11Cl3N2O/c1-17-8-2-3-18-9(4-8)7-19-13-6-11(15)10(14)5-12(13)16/h2-6H,7H2,1H3,(H,17,18). The van der Waals surface area contributed by atoms with Crippen molar-refractivity contribution in [3.8, 4) is 5.75 Å². The van der Waals surface area contributed by atoms with E-state index in [1.54, 1.807) is 18.3 Å². The maximum Gasteiger partial charge on any atom is 0.140 e. The normalized spacial score (nSPS) is 10.3. The Morgan fingerprint density at radius 1 is 1.11 bits per heavy atom. The van der Waals surface area contributed by atoms with E-state index in [0.717, 1.165) is 11.4 Å². The van der Waals surface area contributed by atoms with Crippen LogP contribution >= 0.6 is 34.8 Å². The van der Waals surface area contributed by atoms with Crippen molar-refractivity contribution in [2.75, 3.05) is 12.4 Å². The Hall–Kier alpha value is -1.16. The highest BCUT2D eigenvalue weighted by molar-refractivity contribution is 6.43. The molecule has 0 aliphatic carbocycles. The van der Waals surface area contributed by atoms with E-state index in [0.29, 0.717) is 27.4 Å². The molecule has 1 aromatic heterocycles. The SMILES string of the molecule is CNc1ccnc(COc2cc(Cl)c(Cl)cc2Cl)c1. The van der Waals surface area contributed by atoms with Gasteiger partial charge in [-0.15, -0.1) is 0 Å². The number of benzene rings is 1. The molecule has 0 atom stereocenters. The van der Waals surface area contributed by atoms with Crippen molar-refractivity contribution in [2.24, 2.45) is 0 Å². The van der Waals surface area contributed by atoms with Gasteiger partial charge in [0, 0.05) is 25.0 Å². The highest BCUT2D eigenvalue weighted by atomic mass is 35.5. The summed E-state index contributed by atoms with van der Waals surface area (Å²) < 4.78 is 5.59. The van der Waals surface area contributed by atoms with Gasteiger partial charge in [-0.3, -0.25) is 4.98 Å². The molecule has 0 unspecified atom stereocenters. The fourth-order valence-corrected chi connectivity index (χ4v) is 2.07. The quantitative estimate of drug-likeness (QED) is 0.833. The van der Waals surface area contributed by atoms with Gasteiger partial charge in [0.05, 0.1) is 20.8 Å². The van der Waals surface area contributed by atoms with E-state index >= 15 is 0 Å². The number of ether oxygens (including phenoxy) is 1. The molecule has 0 aliphatic heterocycles. The number of hydrogen-bond donors (Lipinski definition) is 1. The van der Waals surface area contributed by atoms with Gasteiger partial charge >= 0.3 is 0 Å². The van der Waals surface area contributed by atoms with Crippen LogP contribution in [0.3, 0.4) is 0 Å². The van der Waals surface area contributed by atoms with Crippen LogP contribution in [0, 0.1) is 0 Å². The van der Waals surface area contributed by atoms with Crippen LogP contribution in [0.1, 0.15) is 5.69 Å². The van der Waals surface area contributed by atoms with Crippen LogP contribution in [0.15, 0.2) is 30.5 Å². The Labute approximate surface area is 126 Å². The van der Waals surface area contributed by atoms with E-state index in [-0.39, 0.29) is 0 Å². The summed E-state index contributed by atoms with van der Waals surface area (Å²) in [5.74, 6) is 0.479. The van der Waals surface area contributed by atoms with Gasteiger partial charge < -0.3 is 10.1 Å². The monoisotopic (exact) mass is 316 g/mol. The zero-order chi connectivity index (χ0) is 13.8. The maximum atomic E-state index is 6.03. The minimum atomic E-state index is 0.299. The van der Waals surface area contributed by atoms with Crippen molar-refractivity contribution in [1.82, 2.24) is 4.98 Å². The Morgan fingerprint density at radius 3 is 2.58 bits per heavy atom. The molecule has 1 aromatic carbocycles. The first kappa shape index (κ1) is 14.3. The third-order valence-electron chi connectivity index (χ3n) is 2.46. The Morgan fingerprint density at radius 2 is 1.84 bits per heavy atom. The summed E-state index contributed by atoms with van der Waals surface area (Å²) in [5.41, 5.74) is 1.75. The topological polar surface area (TPSA) is 34.2 Å². The van der Waals surface area contributed by atoms with Gasteiger partial charge in [-0.1, -0.05) is 34.8 Å². The van der Waals surface area contributed by atoms with Gasteiger partial charge in [0.25, 0.3) is 0 Å². The summed E-state index contributed by atoms with van der Waals surface area (Å²) in [6, 6.07) is 6.91. The molecule has 0 spiro atoms. The van der Waals surface area contributed by atoms with E-state index in [1.807, 2.05) is 19.2 Å². The van der Waals surface area contributed by atoms with Crippen molar-refractivity contribution >= 4 is 40.5 Å². The van der Waals surface area contributed by atoms with Crippen molar-refractivity contribution in [1.29, 1.82) is 0 Å². The summed E-state index contributed by atoms with van der Waals surface area (Å²) >= 11 is 17.8. The molecule has 0 bridgehead atoms. The second-order valence-electron chi connectivity index (χ2n) is 3.77. The largest absolute Gasteiger partial charge is 0.486 e. The second kappa shape index (κ2) is 6.33. The Balaban J connectivity index is 2.12. The molecule has 1 heterocycles. The smallest absolute Gasteiger partial charge is 0.140 e. The van der Waals surface area contributed by atoms with Crippen molar-refractivity contribution in [3.63, 3.8) is 0 Å². The van der Waals surface area contributed by atoms with E-state index in [4.69, 9.17) is 39.5 Å². The van der Waals surface area contributed by atoms with Crippen LogP contribution in [0.4, 0.5) is 5.69 Å². The van der Waals surface area contributed by atoms with Gasteiger partial charge in [0.2, 0.25) is 0 Å². The molecule has 1 N–H and O–H groups in total. The molecule has 0 amide bonds. The molecule has 6 heteroatoms. The molecule has 0 aliphatic rings. The number of aromatic nitrogens is 1. The molecule has 0 fully saturated rings. The highest BCUT2D eigenvalue weighted by Gasteiger charge is 2.07. The number of halogens is 3. The molecule has 0 radical (unpaired) electrons. The maximum absolute atomic E-state index is 6.03. The summed E-state index contributed by atoms with van der Waals surface area (Å²) in [6.45, 7) is 0.299. The average Bonchev–Trinajstić information content (AvgIpc) is 2.41. The predicted molar refractivity (Wildman–Crippen MR) is 79.6 cm³/mol. The molecule has 3 nitrogen and oxygen atoms in total. The Kier molecular flexibility index (Phi) is 4.75. The number of nitrogens with zero attached hydrogens (tertiary/aromatic N) is 1. The minimum absolute atomic E-state index is 0.299. The molecule has 19 heavy (non-hydrogen) atoms. The molecular formula is C13H11Cl3N2O. The first-order chi connectivity index (χ1) is 9.10. The lowest BCUT2D eigenvalue weighted by Crippen LogP contribution is -2.00. The van der Waals surface area contributed by atoms with Gasteiger partial charge in [-0.05, 0) is 18.2 Å². The fourth-order valence-electron chi connectivity index (χ4n) is 1.48. The third kappa shape index (κ3) is 3.66. The summed E-state index contributed by atoms with van der Waals surface area (Å²) in [7, 11) is 1.84. The lowest BCUT2D eigenvalue weighted by Gasteiger charge is -2.09. The number of hydrogen-bond acceptors (Lipinski definition) is 3. The first-order valence-electron chi connectivity index (χ1n) is 5.50. The number of rotatable bonds is 4. The Bertz CT molecular complexity index is 590. The lowest BCUT2D eigenvalue weighted by molar-refractivity contribution is 0.301. The third-order valence-corrected chi connectivity index (χ3v) is 3.47. The number of pyridine rings is 1. The van der Waals surface area contributed by atoms with Crippen LogP contribution in [0.2, 0.25) is 15.1 Å². The van der Waals surface area contributed by atoms with E-state index in [1.165, 1.54) is 0 Å². The van der Waals surface area contributed by atoms with Gasteiger partial charge in [-0.25, -0.2) is 0 Å². The van der Waals surface area contributed by atoms with Crippen molar-refractivity contribution < 1.29 is 4.74 Å². The van der Waals surface area contributed by atoms with Crippen LogP contribution in [-0.4, -0.2) is 12.0 Å². The highest BCUT2D eigenvalue weighted by Crippen LogP contribution is 2.34. The molecule has 2 rings (SSSR count). The zero-order valence-electron chi connectivity index (χ0n) is 10.1. The average molecular weight is 318 g/mol. The molecule has 100 valence electrons. The minimum Gasteiger partial charge on any atom is -0.486 e. The summed E-state index contributed by atoms with van der Waals surface area (Å²) in [6.07, 6.45) is 1.71. The lowest BCUT2D eigenvalue weighted by atomic mass is 10.3. The number of nitrogens with one attached hydrogen (secondary N) is 1. The predicted octanol–water partition coefficient (Wildman–Crippen LogP) is 4.66. The number of anilines is 1. The summed E-state index contributed by atoms with van der Waals surface area (Å²) in [5, 5.41) is 4.25. The van der Waals surface area contributed by atoms with Gasteiger partial charge in [0.1, 0.15) is 12.4 Å². The molecule has 0 saturated heterocycles. The van der Waals surface area contributed by atoms with Crippen molar-refractivity contribution in [2.45, 2.75) is 6.61 Å². The first-order valence-corrected chi connectivity index (χ1v) is 6.63. The van der Waals surface area contributed by atoms with E-state index in [2.05, 4.69) is 10.3 Å². The zero-order valence-corrected chi connectivity index (χ0v) is 12.4. The fraction of sp³-hybridized carbons (Fsp3) is 0.154. The van der Waals surface area contributed by atoms with E-state index < -0.39 is 0 Å². The summed E-state index contributed by atoms with van der Waals surface area (Å²) in [4.78, 5) is 4.20. The van der Waals surface area contributed by atoms with Crippen LogP contribution in [0.5, 0.6) is 5.75 Å². The van der Waals surface area contributed by atoms with Crippen LogP contribution in [0.25, 0.3) is 0 Å². The molecule has 2 aromatic rings. The van der Waals surface area contributed by atoms with Crippen LogP contribution in [-0.2, 0) is 6.61 Å². The van der Waals surface area contributed by atoms with Gasteiger partial charge in [0.15, 0.2) is 0 Å². The van der Waals surface area contributed by atoms with Crippen molar-refractivity contribution in [3.05, 3.63) is 51.2 Å². The molecule has 0 saturated carbocycles. The van der Waals surface area contributed by atoms with Crippen LogP contribution < -0.4 is 10.1 Å².